The monoisotopic (exact) mass is 418 g/mol. The number of ether oxygens (including phenoxy) is 1. The Morgan fingerprint density at radius 3 is 2.17 bits per heavy atom. The summed E-state index contributed by atoms with van der Waals surface area (Å²) in [5, 5.41) is 6.02. The van der Waals surface area contributed by atoms with Gasteiger partial charge in [-0.15, -0.1) is 0 Å². The SMILES string of the molecule is CCNC(=O)c1ccc(CN=C(NCC)N(C)Cc2ccc(OC(F)F)cc2)cc1. The molecule has 0 atom stereocenters. The minimum atomic E-state index is -2.83. The van der Waals surface area contributed by atoms with Crippen molar-refractivity contribution in [1.82, 2.24) is 15.5 Å². The van der Waals surface area contributed by atoms with Crippen LogP contribution in [0, 0.1) is 0 Å². The first-order valence-electron chi connectivity index (χ1n) is 9.83. The molecule has 0 saturated heterocycles. The molecule has 0 fully saturated rings. The van der Waals surface area contributed by atoms with Crippen molar-refractivity contribution in [3.05, 3.63) is 65.2 Å². The molecular weight excluding hydrogens is 390 g/mol. The predicted octanol–water partition coefficient (Wildman–Crippen LogP) is 3.64. The molecule has 2 aromatic rings. The maximum absolute atomic E-state index is 12.3. The highest BCUT2D eigenvalue weighted by atomic mass is 19.3. The van der Waals surface area contributed by atoms with E-state index in [9.17, 15) is 13.6 Å². The van der Waals surface area contributed by atoms with Crippen molar-refractivity contribution in [2.45, 2.75) is 33.5 Å². The molecule has 2 rings (SSSR count). The molecule has 0 saturated carbocycles. The van der Waals surface area contributed by atoms with Gasteiger partial charge in [-0.05, 0) is 49.2 Å². The number of halogens is 2. The van der Waals surface area contributed by atoms with E-state index in [-0.39, 0.29) is 11.7 Å². The average molecular weight is 418 g/mol. The summed E-state index contributed by atoms with van der Waals surface area (Å²) in [6.07, 6.45) is 0. The zero-order valence-electron chi connectivity index (χ0n) is 17.5. The van der Waals surface area contributed by atoms with Gasteiger partial charge in [0.2, 0.25) is 0 Å². The smallest absolute Gasteiger partial charge is 0.387 e. The van der Waals surface area contributed by atoms with Crippen molar-refractivity contribution in [2.75, 3.05) is 20.1 Å². The van der Waals surface area contributed by atoms with Crippen LogP contribution >= 0.6 is 0 Å². The number of carbonyl (C=O) groups is 1. The topological polar surface area (TPSA) is 66.0 Å². The molecule has 0 heterocycles. The molecule has 1 amide bonds. The number of guanidine groups is 1. The number of carbonyl (C=O) groups excluding carboxylic acids is 1. The van der Waals surface area contributed by atoms with E-state index in [0.29, 0.717) is 31.7 Å². The summed E-state index contributed by atoms with van der Waals surface area (Å²) in [5.41, 5.74) is 2.55. The van der Waals surface area contributed by atoms with E-state index in [4.69, 9.17) is 0 Å². The molecule has 0 bridgehead atoms. The maximum Gasteiger partial charge on any atom is 0.387 e. The van der Waals surface area contributed by atoms with Crippen molar-refractivity contribution in [2.24, 2.45) is 4.99 Å². The second-order valence-electron chi connectivity index (χ2n) is 6.61. The summed E-state index contributed by atoms with van der Waals surface area (Å²) in [4.78, 5) is 18.5. The van der Waals surface area contributed by atoms with Gasteiger partial charge in [0.1, 0.15) is 5.75 Å². The van der Waals surface area contributed by atoms with Gasteiger partial charge in [0.25, 0.3) is 5.91 Å². The van der Waals surface area contributed by atoms with Gasteiger partial charge in [0.05, 0.1) is 6.54 Å². The first kappa shape index (κ1) is 23.1. The third kappa shape index (κ3) is 7.35. The van der Waals surface area contributed by atoms with Crippen molar-refractivity contribution < 1.29 is 18.3 Å². The Morgan fingerprint density at radius 2 is 1.60 bits per heavy atom. The van der Waals surface area contributed by atoms with Gasteiger partial charge < -0.3 is 20.3 Å². The van der Waals surface area contributed by atoms with Crippen LogP contribution in [0.4, 0.5) is 8.78 Å². The fourth-order valence-electron chi connectivity index (χ4n) is 2.79. The van der Waals surface area contributed by atoms with E-state index in [1.165, 1.54) is 12.1 Å². The number of nitrogens with zero attached hydrogens (tertiary/aromatic N) is 2. The van der Waals surface area contributed by atoms with Crippen molar-refractivity contribution in [1.29, 1.82) is 0 Å². The molecular formula is C22H28F2N4O2. The van der Waals surface area contributed by atoms with Crippen LogP contribution in [0.3, 0.4) is 0 Å². The van der Waals surface area contributed by atoms with E-state index >= 15 is 0 Å². The summed E-state index contributed by atoms with van der Waals surface area (Å²) in [6.45, 7) is 3.35. The van der Waals surface area contributed by atoms with Crippen LogP contribution in [0.25, 0.3) is 0 Å². The lowest BCUT2D eigenvalue weighted by Gasteiger charge is -2.22. The Kier molecular flexibility index (Phi) is 9.05. The molecule has 6 nitrogen and oxygen atoms in total. The number of alkyl halides is 2. The summed E-state index contributed by atoms with van der Waals surface area (Å²) >= 11 is 0. The number of hydrogen-bond donors (Lipinski definition) is 2. The standard InChI is InChI=1S/C22H28F2N4O2/c1-4-25-20(29)18-10-6-16(7-11-18)14-27-22(26-5-2)28(3)15-17-8-12-19(13-9-17)30-21(23)24/h6-13,21H,4-5,14-15H2,1-3H3,(H,25,29)(H,26,27). The first-order valence-corrected chi connectivity index (χ1v) is 9.83. The van der Waals surface area contributed by atoms with Crippen LogP contribution in [-0.2, 0) is 13.1 Å². The number of aliphatic imine (C=N–C) groups is 1. The van der Waals surface area contributed by atoms with E-state index in [2.05, 4.69) is 20.4 Å². The van der Waals surface area contributed by atoms with Gasteiger partial charge in [-0.25, -0.2) is 4.99 Å². The first-order chi connectivity index (χ1) is 14.4. The lowest BCUT2D eigenvalue weighted by molar-refractivity contribution is -0.0498. The number of rotatable bonds is 9. The van der Waals surface area contributed by atoms with Gasteiger partial charge in [-0.2, -0.15) is 8.78 Å². The van der Waals surface area contributed by atoms with Crippen LogP contribution in [0.15, 0.2) is 53.5 Å². The molecule has 0 aliphatic heterocycles. The number of benzene rings is 2. The van der Waals surface area contributed by atoms with Crippen LogP contribution in [0.5, 0.6) is 5.75 Å². The molecule has 2 aromatic carbocycles. The summed E-state index contributed by atoms with van der Waals surface area (Å²) in [7, 11) is 1.91. The third-order valence-corrected chi connectivity index (χ3v) is 4.23. The Hall–Kier alpha value is -3.16. The molecule has 0 radical (unpaired) electrons. The second kappa shape index (κ2) is 11.7. The molecule has 0 aliphatic rings. The van der Waals surface area contributed by atoms with E-state index in [1.54, 1.807) is 24.3 Å². The Labute approximate surface area is 175 Å². The highest BCUT2D eigenvalue weighted by Gasteiger charge is 2.09. The highest BCUT2D eigenvalue weighted by Crippen LogP contribution is 2.16. The van der Waals surface area contributed by atoms with Crippen LogP contribution < -0.4 is 15.4 Å². The number of amides is 1. The Balaban J connectivity index is 2.01. The maximum atomic E-state index is 12.3. The lowest BCUT2D eigenvalue weighted by Crippen LogP contribution is -2.38. The van der Waals surface area contributed by atoms with Crippen LogP contribution in [0.1, 0.15) is 35.3 Å². The zero-order valence-corrected chi connectivity index (χ0v) is 17.5. The molecule has 0 unspecified atom stereocenters. The van der Waals surface area contributed by atoms with Crippen LogP contribution in [-0.4, -0.2) is 43.5 Å². The molecule has 30 heavy (non-hydrogen) atoms. The second-order valence-corrected chi connectivity index (χ2v) is 6.61. The Morgan fingerprint density at radius 1 is 1.00 bits per heavy atom. The third-order valence-electron chi connectivity index (χ3n) is 4.23. The van der Waals surface area contributed by atoms with Gasteiger partial charge >= 0.3 is 6.61 Å². The fourth-order valence-corrected chi connectivity index (χ4v) is 2.79. The molecule has 0 aromatic heterocycles. The van der Waals surface area contributed by atoms with E-state index < -0.39 is 6.61 Å². The van der Waals surface area contributed by atoms with Crippen LogP contribution in [0.2, 0.25) is 0 Å². The molecule has 2 N–H and O–H groups in total. The van der Waals surface area contributed by atoms with Crippen molar-refractivity contribution in [3.8, 4) is 5.75 Å². The highest BCUT2D eigenvalue weighted by molar-refractivity contribution is 5.94. The number of nitrogens with one attached hydrogen (secondary N) is 2. The molecule has 0 spiro atoms. The summed E-state index contributed by atoms with van der Waals surface area (Å²) in [6, 6.07) is 13.9. The number of hydrogen-bond acceptors (Lipinski definition) is 3. The predicted molar refractivity (Wildman–Crippen MR) is 114 cm³/mol. The zero-order chi connectivity index (χ0) is 21.9. The Bertz CT molecular complexity index is 824. The van der Waals surface area contributed by atoms with Gasteiger partial charge in [-0.3, -0.25) is 4.79 Å². The minimum absolute atomic E-state index is 0.0920. The van der Waals surface area contributed by atoms with Crippen molar-refractivity contribution >= 4 is 11.9 Å². The van der Waals surface area contributed by atoms with Crippen molar-refractivity contribution in [3.63, 3.8) is 0 Å². The normalized spacial score (nSPS) is 11.3. The lowest BCUT2D eigenvalue weighted by atomic mass is 10.1. The summed E-state index contributed by atoms with van der Waals surface area (Å²) < 4.78 is 28.9. The van der Waals surface area contributed by atoms with Gasteiger partial charge in [0.15, 0.2) is 5.96 Å². The molecule has 8 heteroatoms. The fraction of sp³-hybridized carbons (Fsp3) is 0.364. The van der Waals surface area contributed by atoms with Gasteiger partial charge in [0, 0.05) is 32.2 Å². The minimum Gasteiger partial charge on any atom is -0.435 e. The van der Waals surface area contributed by atoms with E-state index in [0.717, 1.165) is 17.1 Å². The summed E-state index contributed by atoms with van der Waals surface area (Å²) in [5.74, 6) is 0.761. The molecule has 0 aliphatic carbocycles. The van der Waals surface area contributed by atoms with E-state index in [1.807, 2.05) is 37.9 Å². The average Bonchev–Trinajstić information content (AvgIpc) is 2.72. The van der Waals surface area contributed by atoms with Gasteiger partial charge in [-0.1, -0.05) is 24.3 Å². The quantitative estimate of drug-likeness (QED) is 0.482. The molecule has 162 valence electrons. The largest absolute Gasteiger partial charge is 0.435 e.